The van der Waals surface area contributed by atoms with Crippen LogP contribution in [0.3, 0.4) is 0 Å². The highest BCUT2D eigenvalue weighted by molar-refractivity contribution is 5.86. The number of hydrogen-bond donors (Lipinski definition) is 2. The number of alkyl halides is 3. The van der Waals surface area contributed by atoms with Gasteiger partial charge in [-0.3, -0.25) is 9.59 Å². The fourth-order valence-corrected chi connectivity index (χ4v) is 3.43. The highest BCUT2D eigenvalue weighted by atomic mass is 19.4. The zero-order valence-electron chi connectivity index (χ0n) is 17.7. The van der Waals surface area contributed by atoms with E-state index in [1.54, 1.807) is 20.2 Å². The molecule has 0 bridgehead atoms. The molecule has 2 N–H and O–H groups in total. The molecule has 1 aliphatic heterocycles. The van der Waals surface area contributed by atoms with E-state index in [9.17, 15) is 22.8 Å². The quantitative estimate of drug-likeness (QED) is 0.502. The molecule has 1 aromatic carbocycles. The Labute approximate surface area is 179 Å². The number of benzene rings is 1. The van der Waals surface area contributed by atoms with Crippen molar-refractivity contribution < 1.29 is 22.8 Å². The molecule has 3 rings (SSSR count). The number of hydrogen-bond acceptors (Lipinski definition) is 3. The van der Waals surface area contributed by atoms with Crippen LogP contribution in [0.4, 0.5) is 13.2 Å². The minimum absolute atomic E-state index is 0.000773. The first-order chi connectivity index (χ1) is 14.6. The molecule has 2 fully saturated rings. The minimum atomic E-state index is -4.42. The third-order valence-corrected chi connectivity index (χ3v) is 5.36. The van der Waals surface area contributed by atoms with E-state index in [0.29, 0.717) is 37.1 Å². The number of aliphatic imine (C=N–C) groups is 1. The van der Waals surface area contributed by atoms with Gasteiger partial charge < -0.3 is 20.4 Å². The largest absolute Gasteiger partial charge is 0.416 e. The molecule has 1 saturated carbocycles. The minimum Gasteiger partial charge on any atom is -0.356 e. The van der Waals surface area contributed by atoms with E-state index in [1.807, 2.05) is 4.90 Å². The van der Waals surface area contributed by atoms with Gasteiger partial charge in [0, 0.05) is 45.6 Å². The fourth-order valence-electron chi connectivity index (χ4n) is 3.43. The number of halogens is 3. The van der Waals surface area contributed by atoms with Crippen LogP contribution in [0.25, 0.3) is 0 Å². The number of carbonyl (C=O) groups is 2. The summed E-state index contributed by atoms with van der Waals surface area (Å²) >= 11 is 0. The second kappa shape index (κ2) is 9.57. The van der Waals surface area contributed by atoms with E-state index >= 15 is 0 Å². The summed E-state index contributed by atoms with van der Waals surface area (Å²) in [6.07, 6.45) is -1.84. The number of nitrogens with one attached hydrogen (secondary N) is 2. The first-order valence-corrected chi connectivity index (χ1v) is 10.3. The monoisotopic (exact) mass is 439 g/mol. The molecule has 1 aromatic rings. The first kappa shape index (κ1) is 22.9. The average molecular weight is 439 g/mol. The van der Waals surface area contributed by atoms with Crippen molar-refractivity contribution in [1.82, 2.24) is 20.4 Å². The summed E-state index contributed by atoms with van der Waals surface area (Å²) in [6, 6.07) is 5.38. The molecule has 170 valence electrons. The fraction of sp³-hybridized carbons (Fsp3) is 0.571. The normalized spacial score (nSPS) is 19.5. The lowest BCUT2D eigenvalue weighted by molar-refractivity contribution is -0.137. The Morgan fingerprint density at radius 2 is 2.00 bits per heavy atom. The maximum absolute atomic E-state index is 12.9. The number of likely N-dealkylation sites (tertiary alicyclic amines) is 1. The zero-order valence-corrected chi connectivity index (χ0v) is 17.7. The molecule has 2 amide bonds. The number of likely N-dealkylation sites (N-methyl/N-ethyl adjacent to an activating group) is 1. The van der Waals surface area contributed by atoms with Gasteiger partial charge in [0.25, 0.3) is 0 Å². The third kappa shape index (κ3) is 6.60. The van der Waals surface area contributed by atoms with Crippen molar-refractivity contribution in [2.45, 2.75) is 38.0 Å². The summed E-state index contributed by atoms with van der Waals surface area (Å²) < 4.78 is 38.8. The average Bonchev–Trinajstić information content (AvgIpc) is 3.49. The maximum Gasteiger partial charge on any atom is 0.416 e. The van der Waals surface area contributed by atoms with E-state index < -0.39 is 11.7 Å². The summed E-state index contributed by atoms with van der Waals surface area (Å²) in [4.78, 5) is 31.8. The van der Waals surface area contributed by atoms with Gasteiger partial charge in [-0.25, -0.2) is 4.99 Å². The Kier molecular flexibility index (Phi) is 7.07. The van der Waals surface area contributed by atoms with Crippen molar-refractivity contribution in [2.24, 2.45) is 10.9 Å². The Hall–Kier alpha value is -2.78. The predicted octanol–water partition coefficient (Wildman–Crippen LogP) is 1.84. The molecular weight excluding hydrogens is 411 g/mol. The molecule has 0 radical (unpaired) electrons. The number of carbonyl (C=O) groups excluding carboxylic acids is 2. The van der Waals surface area contributed by atoms with Gasteiger partial charge in [0.15, 0.2) is 5.96 Å². The lowest BCUT2D eigenvalue weighted by Gasteiger charge is -2.18. The van der Waals surface area contributed by atoms with Crippen molar-refractivity contribution >= 4 is 17.8 Å². The standard InChI is InChI=1S/C21H28F3N5O2/c1-28(2)19(31)12-27-20(25-10-14-4-3-5-16(8-14)21(22,23)24)26-11-15-9-18(30)29(13-15)17-6-7-17/h3-5,8,15,17H,6-7,9-13H2,1-2H3,(H2,25,26,27). The molecule has 10 heteroatoms. The second-order valence-electron chi connectivity index (χ2n) is 8.23. The van der Waals surface area contributed by atoms with Gasteiger partial charge >= 0.3 is 6.18 Å². The van der Waals surface area contributed by atoms with Crippen LogP contribution in [0.5, 0.6) is 0 Å². The van der Waals surface area contributed by atoms with Gasteiger partial charge in [0.05, 0.1) is 18.7 Å². The van der Waals surface area contributed by atoms with Gasteiger partial charge in [-0.2, -0.15) is 13.2 Å². The van der Waals surface area contributed by atoms with Gasteiger partial charge in [-0.1, -0.05) is 12.1 Å². The van der Waals surface area contributed by atoms with Crippen molar-refractivity contribution in [1.29, 1.82) is 0 Å². The van der Waals surface area contributed by atoms with Crippen molar-refractivity contribution in [3.05, 3.63) is 35.4 Å². The van der Waals surface area contributed by atoms with Crippen LogP contribution in [0.15, 0.2) is 29.3 Å². The van der Waals surface area contributed by atoms with Crippen LogP contribution < -0.4 is 10.6 Å². The van der Waals surface area contributed by atoms with Crippen LogP contribution in [0.1, 0.15) is 30.4 Å². The lowest BCUT2D eigenvalue weighted by atomic mass is 10.1. The van der Waals surface area contributed by atoms with Crippen LogP contribution in [0.2, 0.25) is 0 Å². The number of guanidine groups is 1. The lowest BCUT2D eigenvalue weighted by Crippen LogP contribution is -2.44. The predicted molar refractivity (Wildman–Crippen MR) is 110 cm³/mol. The van der Waals surface area contributed by atoms with Gasteiger partial charge in [-0.05, 0) is 30.5 Å². The molecular formula is C21H28F3N5O2. The smallest absolute Gasteiger partial charge is 0.356 e. The van der Waals surface area contributed by atoms with Crippen molar-refractivity contribution in [2.75, 3.05) is 33.7 Å². The summed E-state index contributed by atoms with van der Waals surface area (Å²) in [5, 5.41) is 6.06. The SMILES string of the molecule is CN(C)C(=O)CNC(=NCc1cccc(C(F)(F)F)c1)NCC1CC(=O)N(C2CC2)C1. The van der Waals surface area contributed by atoms with Crippen molar-refractivity contribution in [3.63, 3.8) is 0 Å². The van der Waals surface area contributed by atoms with E-state index in [-0.39, 0.29) is 30.8 Å². The van der Waals surface area contributed by atoms with Gasteiger partial charge in [-0.15, -0.1) is 0 Å². The van der Waals surface area contributed by atoms with Crippen LogP contribution >= 0.6 is 0 Å². The number of nitrogens with zero attached hydrogens (tertiary/aromatic N) is 3. The molecule has 7 nitrogen and oxygen atoms in total. The highest BCUT2D eigenvalue weighted by Gasteiger charge is 2.39. The van der Waals surface area contributed by atoms with E-state index in [1.165, 1.54) is 11.0 Å². The molecule has 0 spiro atoms. The van der Waals surface area contributed by atoms with Gasteiger partial charge in [0.1, 0.15) is 0 Å². The number of rotatable bonds is 7. The Morgan fingerprint density at radius 1 is 1.26 bits per heavy atom. The van der Waals surface area contributed by atoms with Crippen LogP contribution in [-0.2, 0) is 22.3 Å². The highest BCUT2D eigenvalue weighted by Crippen LogP contribution is 2.32. The van der Waals surface area contributed by atoms with E-state index in [2.05, 4.69) is 15.6 Å². The molecule has 1 saturated heterocycles. The summed E-state index contributed by atoms with van der Waals surface area (Å²) in [5.41, 5.74) is -0.319. The molecule has 2 aliphatic rings. The Balaban J connectivity index is 1.63. The maximum atomic E-state index is 12.9. The third-order valence-electron chi connectivity index (χ3n) is 5.36. The molecule has 31 heavy (non-hydrogen) atoms. The Bertz CT molecular complexity index is 837. The van der Waals surface area contributed by atoms with Crippen LogP contribution in [0, 0.1) is 5.92 Å². The topological polar surface area (TPSA) is 77.0 Å². The first-order valence-electron chi connectivity index (χ1n) is 10.3. The molecule has 0 aromatic heterocycles. The summed E-state index contributed by atoms with van der Waals surface area (Å²) in [7, 11) is 3.26. The summed E-state index contributed by atoms with van der Waals surface area (Å²) in [5.74, 6) is 0.445. The van der Waals surface area contributed by atoms with Crippen molar-refractivity contribution in [3.8, 4) is 0 Å². The molecule has 1 heterocycles. The molecule has 1 unspecified atom stereocenters. The number of amides is 2. The molecule has 1 atom stereocenters. The van der Waals surface area contributed by atoms with E-state index in [4.69, 9.17) is 0 Å². The van der Waals surface area contributed by atoms with E-state index in [0.717, 1.165) is 25.0 Å². The zero-order chi connectivity index (χ0) is 22.6. The second-order valence-corrected chi connectivity index (χ2v) is 8.23. The molecule has 1 aliphatic carbocycles. The summed E-state index contributed by atoms with van der Waals surface area (Å²) in [6.45, 7) is 1.19. The van der Waals surface area contributed by atoms with Gasteiger partial charge in [0.2, 0.25) is 11.8 Å². The Morgan fingerprint density at radius 3 is 2.65 bits per heavy atom. The van der Waals surface area contributed by atoms with Crippen LogP contribution in [-0.4, -0.2) is 67.3 Å².